The predicted molar refractivity (Wildman–Crippen MR) is 104 cm³/mol. The zero-order valence-corrected chi connectivity index (χ0v) is 15.8. The molecule has 4 nitrogen and oxygen atoms in total. The topological polar surface area (TPSA) is 59.7 Å². The van der Waals surface area contributed by atoms with Gasteiger partial charge in [-0.05, 0) is 30.4 Å². The van der Waals surface area contributed by atoms with E-state index in [0.29, 0.717) is 47.8 Å². The van der Waals surface area contributed by atoms with Crippen LogP contribution in [-0.4, -0.2) is 18.3 Å². The maximum atomic E-state index is 13.2. The molecule has 0 amide bonds. The van der Waals surface area contributed by atoms with Crippen LogP contribution in [0, 0.1) is 5.92 Å². The number of hydrogen-bond donors (Lipinski definition) is 1. The molecule has 1 fully saturated rings. The standard InChI is InChI=1S/C22H30O4/c1-2-8-19-22(25-14-7-13-23)21(24)20-17(11-6-12-18(20)26-19)15-16-9-4-3-5-10-16/h6,11-12,16,23H,2-5,7-10,13-15H2,1H3. The fourth-order valence-corrected chi connectivity index (χ4v) is 3.99. The van der Waals surface area contributed by atoms with Crippen molar-refractivity contribution in [1.29, 1.82) is 0 Å². The largest absolute Gasteiger partial charge is 0.486 e. The molecule has 1 N–H and O–H groups in total. The van der Waals surface area contributed by atoms with Gasteiger partial charge in [-0.15, -0.1) is 0 Å². The molecule has 2 aromatic rings. The molecule has 0 spiro atoms. The molecule has 4 heteroatoms. The van der Waals surface area contributed by atoms with Crippen LogP contribution in [0.1, 0.15) is 63.2 Å². The molecule has 0 saturated heterocycles. The summed E-state index contributed by atoms with van der Waals surface area (Å²) >= 11 is 0. The second-order valence-corrected chi connectivity index (χ2v) is 7.36. The minimum absolute atomic E-state index is 0.0506. The summed E-state index contributed by atoms with van der Waals surface area (Å²) in [5, 5.41) is 9.68. The van der Waals surface area contributed by atoms with E-state index in [1.54, 1.807) is 0 Å². The highest BCUT2D eigenvalue weighted by atomic mass is 16.5. The summed E-state index contributed by atoms with van der Waals surface area (Å²) in [6, 6.07) is 5.94. The third-order valence-corrected chi connectivity index (χ3v) is 5.29. The van der Waals surface area contributed by atoms with Crippen LogP contribution in [0.3, 0.4) is 0 Å². The lowest BCUT2D eigenvalue weighted by Gasteiger charge is -2.22. The molecule has 1 heterocycles. The lowest BCUT2D eigenvalue weighted by molar-refractivity contribution is 0.227. The van der Waals surface area contributed by atoms with Gasteiger partial charge in [0.1, 0.15) is 5.58 Å². The zero-order chi connectivity index (χ0) is 18.4. The Labute approximate surface area is 155 Å². The third kappa shape index (κ3) is 4.29. The van der Waals surface area contributed by atoms with Crippen LogP contribution in [-0.2, 0) is 12.8 Å². The van der Waals surface area contributed by atoms with Crippen molar-refractivity contribution in [1.82, 2.24) is 0 Å². The fraction of sp³-hybridized carbons (Fsp3) is 0.591. The molecule has 0 radical (unpaired) electrons. The van der Waals surface area contributed by atoms with E-state index in [1.165, 1.54) is 32.1 Å². The van der Waals surface area contributed by atoms with Gasteiger partial charge < -0.3 is 14.3 Å². The predicted octanol–water partition coefficient (Wildman–Crippen LogP) is 4.63. The highest BCUT2D eigenvalue weighted by Crippen LogP contribution is 2.30. The van der Waals surface area contributed by atoms with Gasteiger partial charge in [-0.2, -0.15) is 0 Å². The summed E-state index contributed by atoms with van der Waals surface area (Å²) in [7, 11) is 0. The van der Waals surface area contributed by atoms with Gasteiger partial charge in [0, 0.05) is 19.4 Å². The first-order valence-corrected chi connectivity index (χ1v) is 10.1. The lowest BCUT2D eigenvalue weighted by atomic mass is 9.84. The highest BCUT2D eigenvalue weighted by Gasteiger charge is 2.20. The van der Waals surface area contributed by atoms with E-state index in [-0.39, 0.29) is 12.0 Å². The van der Waals surface area contributed by atoms with Gasteiger partial charge in [-0.1, -0.05) is 51.2 Å². The maximum absolute atomic E-state index is 13.2. The molecule has 0 atom stereocenters. The second kappa shape index (κ2) is 9.22. The van der Waals surface area contributed by atoms with Crippen LogP contribution >= 0.6 is 0 Å². The van der Waals surface area contributed by atoms with E-state index >= 15 is 0 Å². The van der Waals surface area contributed by atoms with Crippen LogP contribution < -0.4 is 10.2 Å². The lowest BCUT2D eigenvalue weighted by Crippen LogP contribution is -2.16. The van der Waals surface area contributed by atoms with Crippen molar-refractivity contribution in [3.63, 3.8) is 0 Å². The van der Waals surface area contributed by atoms with Gasteiger partial charge in [-0.3, -0.25) is 4.79 Å². The fourth-order valence-electron chi connectivity index (χ4n) is 3.99. The summed E-state index contributed by atoms with van der Waals surface area (Å²) in [5.41, 5.74) is 1.69. The molecule has 0 bridgehead atoms. The van der Waals surface area contributed by atoms with Crippen molar-refractivity contribution in [3.05, 3.63) is 39.7 Å². The number of hydrogen-bond acceptors (Lipinski definition) is 4. The number of aliphatic hydroxyl groups is 1. The molecule has 1 aliphatic rings. The van der Waals surface area contributed by atoms with E-state index in [0.717, 1.165) is 18.4 Å². The molecule has 1 aromatic carbocycles. The van der Waals surface area contributed by atoms with Gasteiger partial charge in [0.15, 0.2) is 5.76 Å². The average Bonchev–Trinajstić information content (AvgIpc) is 2.65. The van der Waals surface area contributed by atoms with Crippen molar-refractivity contribution < 1.29 is 14.3 Å². The summed E-state index contributed by atoms with van der Waals surface area (Å²) < 4.78 is 11.8. The molecule has 142 valence electrons. The molecular formula is C22H30O4. The van der Waals surface area contributed by atoms with Crippen molar-refractivity contribution in [2.24, 2.45) is 5.92 Å². The van der Waals surface area contributed by atoms with Crippen LogP contribution in [0.4, 0.5) is 0 Å². The third-order valence-electron chi connectivity index (χ3n) is 5.29. The van der Waals surface area contributed by atoms with Gasteiger partial charge in [0.05, 0.1) is 12.0 Å². The number of fused-ring (bicyclic) bond motifs is 1. The first kappa shape index (κ1) is 19.0. The summed E-state index contributed by atoms with van der Waals surface area (Å²) in [4.78, 5) is 13.2. The number of rotatable bonds is 8. The Kier molecular flexibility index (Phi) is 6.73. The second-order valence-electron chi connectivity index (χ2n) is 7.36. The zero-order valence-electron chi connectivity index (χ0n) is 15.8. The first-order chi connectivity index (χ1) is 12.7. The Morgan fingerprint density at radius 1 is 1.23 bits per heavy atom. The van der Waals surface area contributed by atoms with Gasteiger partial charge in [0.2, 0.25) is 11.2 Å². The van der Waals surface area contributed by atoms with Crippen molar-refractivity contribution >= 4 is 11.0 Å². The molecular weight excluding hydrogens is 328 g/mol. The summed E-state index contributed by atoms with van der Waals surface area (Å²) in [5.74, 6) is 1.62. The van der Waals surface area contributed by atoms with Crippen LogP contribution in [0.25, 0.3) is 11.0 Å². The monoisotopic (exact) mass is 358 g/mol. The Hall–Kier alpha value is -1.81. The Balaban J connectivity index is 2.00. The Morgan fingerprint density at radius 2 is 2.04 bits per heavy atom. The highest BCUT2D eigenvalue weighted by molar-refractivity contribution is 5.82. The van der Waals surface area contributed by atoms with E-state index in [2.05, 4.69) is 13.0 Å². The molecule has 0 aliphatic heterocycles. The maximum Gasteiger partial charge on any atom is 0.235 e. The number of aliphatic hydroxyl groups excluding tert-OH is 1. The molecule has 3 rings (SSSR count). The van der Waals surface area contributed by atoms with Gasteiger partial charge in [-0.25, -0.2) is 0 Å². The minimum atomic E-state index is -0.0564. The van der Waals surface area contributed by atoms with Gasteiger partial charge >= 0.3 is 0 Å². The van der Waals surface area contributed by atoms with E-state index in [1.807, 2.05) is 12.1 Å². The molecule has 1 aliphatic carbocycles. The minimum Gasteiger partial charge on any atom is -0.486 e. The molecule has 26 heavy (non-hydrogen) atoms. The van der Waals surface area contributed by atoms with Crippen molar-refractivity contribution in [2.75, 3.05) is 13.2 Å². The van der Waals surface area contributed by atoms with E-state index in [9.17, 15) is 4.79 Å². The van der Waals surface area contributed by atoms with Crippen molar-refractivity contribution in [3.8, 4) is 5.75 Å². The average molecular weight is 358 g/mol. The Morgan fingerprint density at radius 3 is 2.77 bits per heavy atom. The summed E-state index contributed by atoms with van der Waals surface area (Å²) in [6.07, 6.45) is 9.40. The van der Waals surface area contributed by atoms with E-state index < -0.39 is 0 Å². The molecule has 1 aromatic heterocycles. The molecule has 1 saturated carbocycles. The number of aryl methyl sites for hydroxylation is 1. The number of ether oxygens (including phenoxy) is 1. The van der Waals surface area contributed by atoms with Crippen LogP contribution in [0.15, 0.2) is 27.4 Å². The number of benzene rings is 1. The first-order valence-electron chi connectivity index (χ1n) is 10.1. The Bertz CT molecular complexity index is 772. The van der Waals surface area contributed by atoms with Crippen molar-refractivity contribution in [2.45, 2.75) is 64.7 Å². The normalized spacial score (nSPS) is 15.5. The smallest absolute Gasteiger partial charge is 0.235 e. The van der Waals surface area contributed by atoms with Crippen LogP contribution in [0.2, 0.25) is 0 Å². The van der Waals surface area contributed by atoms with E-state index in [4.69, 9.17) is 14.3 Å². The quantitative estimate of drug-likeness (QED) is 0.699. The molecule has 0 unspecified atom stereocenters. The summed E-state index contributed by atoms with van der Waals surface area (Å²) in [6.45, 7) is 2.43. The van der Waals surface area contributed by atoms with Gasteiger partial charge in [0.25, 0.3) is 0 Å². The van der Waals surface area contributed by atoms with Crippen LogP contribution in [0.5, 0.6) is 5.75 Å². The SMILES string of the molecule is CCCc1oc2cccc(CC3CCCCC3)c2c(=O)c1OCCCO.